The van der Waals surface area contributed by atoms with Gasteiger partial charge in [0.15, 0.2) is 0 Å². The van der Waals surface area contributed by atoms with Gasteiger partial charge < -0.3 is 14.7 Å². The minimum atomic E-state index is -0.646. The van der Waals surface area contributed by atoms with E-state index in [0.717, 1.165) is 48.9 Å². The molecular formula is C36H50N4O4S. The predicted octanol–water partition coefficient (Wildman–Crippen LogP) is 5.81. The Hall–Kier alpha value is -2.91. The molecule has 0 amide bonds. The molecule has 1 N–H and O–H groups in total. The van der Waals surface area contributed by atoms with Gasteiger partial charge >= 0.3 is 5.97 Å². The molecule has 1 aromatic rings. The quantitative estimate of drug-likeness (QED) is 0.159. The Kier molecular flexibility index (Phi) is 9.71. The molecule has 3 aliphatic carbocycles. The van der Waals surface area contributed by atoms with Gasteiger partial charge in [-0.2, -0.15) is 5.10 Å². The van der Waals surface area contributed by atoms with Gasteiger partial charge in [0.05, 0.1) is 30.0 Å². The molecule has 5 rings (SSSR count). The van der Waals surface area contributed by atoms with Gasteiger partial charge in [0.1, 0.15) is 11.9 Å². The number of aliphatic hydroxyl groups is 1. The molecule has 8 nitrogen and oxygen atoms in total. The molecule has 45 heavy (non-hydrogen) atoms. The first-order valence-corrected chi connectivity index (χ1v) is 17.4. The first-order valence-electron chi connectivity index (χ1n) is 16.4. The van der Waals surface area contributed by atoms with Crippen LogP contribution in [0.4, 0.5) is 0 Å². The fourth-order valence-electron chi connectivity index (χ4n) is 9.06. The number of aliphatic hydroxyl groups excluding tert-OH is 1. The lowest BCUT2D eigenvalue weighted by Crippen LogP contribution is -2.71. The van der Waals surface area contributed by atoms with Crippen LogP contribution in [0.1, 0.15) is 65.9 Å². The van der Waals surface area contributed by atoms with Crippen LogP contribution >= 0.6 is 11.8 Å². The summed E-state index contributed by atoms with van der Waals surface area (Å²) in [6, 6.07) is 7.97. The van der Waals surface area contributed by atoms with Crippen LogP contribution in [0.25, 0.3) is 0 Å². The lowest BCUT2D eigenvalue weighted by Gasteiger charge is -2.71. The highest BCUT2D eigenvalue weighted by Crippen LogP contribution is 2.74. The summed E-state index contributed by atoms with van der Waals surface area (Å²) in [6.07, 6.45) is 9.17. The van der Waals surface area contributed by atoms with Crippen molar-refractivity contribution in [2.24, 2.45) is 44.1 Å². The van der Waals surface area contributed by atoms with Gasteiger partial charge in [-0.3, -0.25) is 14.6 Å². The summed E-state index contributed by atoms with van der Waals surface area (Å²) in [4.78, 5) is 34.4. The number of carbonyl (C=O) groups excluding carboxylic acids is 2. The van der Waals surface area contributed by atoms with Gasteiger partial charge in [0.25, 0.3) is 0 Å². The fraction of sp³-hybridized carbons (Fsp3) is 0.611. The number of likely N-dealkylation sites (N-methyl/N-ethyl adjacent to an activating group) is 1. The zero-order valence-electron chi connectivity index (χ0n) is 27.7. The van der Waals surface area contributed by atoms with Crippen LogP contribution in [-0.4, -0.2) is 83.6 Å². The van der Waals surface area contributed by atoms with E-state index in [4.69, 9.17) is 4.74 Å². The maximum atomic E-state index is 13.4. The fourth-order valence-corrected chi connectivity index (χ4v) is 9.81. The van der Waals surface area contributed by atoms with E-state index in [0.29, 0.717) is 12.8 Å². The SMILES string of the molecule is C=C[C@]1(C)C[C@@H](OC(=O)CSc2cccc(/C=N/N3CCN(CC)/C3=N\C)c2)[C@@H](C)C2C3(/C=C/C)CC2(CCC3=O)[C@@H](C)[C@@H]1O. The molecule has 2 bridgehead atoms. The summed E-state index contributed by atoms with van der Waals surface area (Å²) >= 11 is 1.44. The molecule has 3 unspecified atom stereocenters. The number of Topliss-reactive ketones (excluding diaryl/α,β-unsaturated/α-hetero) is 1. The molecule has 0 radical (unpaired) electrons. The number of benzene rings is 1. The van der Waals surface area contributed by atoms with Gasteiger partial charge in [0, 0.05) is 36.9 Å². The molecular weight excluding hydrogens is 584 g/mol. The second-order valence-electron chi connectivity index (χ2n) is 13.7. The van der Waals surface area contributed by atoms with E-state index in [1.807, 2.05) is 61.5 Å². The highest BCUT2D eigenvalue weighted by Gasteiger charge is 2.73. The Morgan fingerprint density at radius 1 is 1.29 bits per heavy atom. The topological polar surface area (TPSA) is 94.8 Å². The summed E-state index contributed by atoms with van der Waals surface area (Å²) in [7, 11) is 1.79. The third kappa shape index (κ3) is 5.79. The van der Waals surface area contributed by atoms with E-state index in [9.17, 15) is 14.7 Å². The van der Waals surface area contributed by atoms with Gasteiger partial charge in [-0.25, -0.2) is 5.01 Å². The largest absolute Gasteiger partial charge is 0.461 e. The molecule has 244 valence electrons. The maximum absolute atomic E-state index is 13.4. The number of allylic oxidation sites excluding steroid dienone is 2. The molecule has 1 saturated heterocycles. The molecule has 1 aromatic carbocycles. The molecule has 1 spiro atoms. The first kappa shape index (κ1) is 33.5. The number of carbonyl (C=O) groups is 2. The normalized spacial score (nSPS) is 37.4. The second-order valence-corrected chi connectivity index (χ2v) is 14.8. The Labute approximate surface area is 273 Å². The van der Waals surface area contributed by atoms with Crippen LogP contribution in [0.15, 0.2) is 64.1 Å². The number of hydrogen-bond donors (Lipinski definition) is 1. The molecule has 1 heterocycles. The molecule has 4 aliphatic rings. The zero-order valence-corrected chi connectivity index (χ0v) is 28.6. The number of guanidine groups is 1. The Balaban J connectivity index is 1.30. The van der Waals surface area contributed by atoms with Crippen molar-refractivity contribution >= 4 is 35.7 Å². The van der Waals surface area contributed by atoms with Gasteiger partial charge in [-0.1, -0.05) is 51.1 Å². The van der Waals surface area contributed by atoms with Crippen LogP contribution < -0.4 is 0 Å². The van der Waals surface area contributed by atoms with Crippen LogP contribution in [-0.2, 0) is 14.3 Å². The Morgan fingerprint density at radius 2 is 2.07 bits per heavy atom. The minimum Gasteiger partial charge on any atom is -0.461 e. The van der Waals surface area contributed by atoms with E-state index >= 15 is 0 Å². The van der Waals surface area contributed by atoms with Crippen LogP contribution in [0.3, 0.4) is 0 Å². The summed E-state index contributed by atoms with van der Waals surface area (Å²) in [5.41, 5.74) is -0.396. The summed E-state index contributed by atoms with van der Waals surface area (Å²) in [6.45, 7) is 17.1. The minimum absolute atomic E-state index is 0.000601. The lowest BCUT2D eigenvalue weighted by atomic mass is 9.32. The van der Waals surface area contributed by atoms with Crippen LogP contribution in [0.5, 0.6) is 0 Å². The predicted molar refractivity (Wildman–Crippen MR) is 181 cm³/mol. The number of ether oxygens (including phenoxy) is 1. The molecule has 4 fully saturated rings. The van der Waals surface area contributed by atoms with Gasteiger partial charge in [0.2, 0.25) is 5.96 Å². The van der Waals surface area contributed by atoms with Crippen molar-refractivity contribution < 1.29 is 19.4 Å². The van der Waals surface area contributed by atoms with E-state index < -0.39 is 23.0 Å². The van der Waals surface area contributed by atoms with E-state index in [1.165, 1.54) is 11.8 Å². The third-order valence-electron chi connectivity index (χ3n) is 11.4. The monoisotopic (exact) mass is 634 g/mol. The molecule has 8 atom stereocenters. The summed E-state index contributed by atoms with van der Waals surface area (Å²) < 4.78 is 6.30. The number of thioether (sulfide) groups is 1. The number of ketones is 1. The number of hydrogen-bond acceptors (Lipinski definition) is 7. The van der Waals surface area contributed by atoms with E-state index in [-0.39, 0.29) is 40.7 Å². The average Bonchev–Trinajstić information content (AvgIpc) is 3.44. The summed E-state index contributed by atoms with van der Waals surface area (Å²) in [5, 5.41) is 18.3. The number of esters is 1. The number of hydrazone groups is 1. The van der Waals surface area contributed by atoms with Gasteiger partial charge in [-0.15, -0.1) is 18.3 Å². The van der Waals surface area contributed by atoms with Crippen molar-refractivity contribution in [3.8, 4) is 0 Å². The molecule has 3 saturated carbocycles. The average molecular weight is 635 g/mol. The van der Waals surface area contributed by atoms with Crippen molar-refractivity contribution in [1.29, 1.82) is 0 Å². The Morgan fingerprint density at radius 3 is 2.76 bits per heavy atom. The van der Waals surface area contributed by atoms with Crippen molar-refractivity contribution in [2.45, 2.75) is 77.4 Å². The first-order chi connectivity index (χ1) is 21.5. The molecule has 1 aliphatic heterocycles. The highest BCUT2D eigenvalue weighted by molar-refractivity contribution is 8.00. The maximum Gasteiger partial charge on any atom is 0.316 e. The smallest absolute Gasteiger partial charge is 0.316 e. The highest BCUT2D eigenvalue weighted by atomic mass is 32.2. The van der Waals surface area contributed by atoms with Crippen LogP contribution in [0, 0.1) is 34.0 Å². The second kappa shape index (κ2) is 13.1. The number of rotatable bonds is 9. The Bertz CT molecular complexity index is 1390. The van der Waals surface area contributed by atoms with Crippen molar-refractivity contribution in [3.63, 3.8) is 0 Å². The number of fused-ring (bicyclic) bond motifs is 2. The van der Waals surface area contributed by atoms with E-state index in [2.05, 4.69) is 48.4 Å². The van der Waals surface area contributed by atoms with E-state index in [1.54, 1.807) is 7.05 Å². The lowest BCUT2D eigenvalue weighted by molar-refractivity contribution is -0.239. The third-order valence-corrected chi connectivity index (χ3v) is 12.4. The standard InChI is InChI=1S/C36H50N4O4S/c1-8-15-36-23-35(16-14-29(36)41)25(5)32(43)34(6,9-2)20-28(24(4)31(35)36)44-30(42)22-45-27-13-11-12-26(19-27)21-38-40-18-17-39(10-3)33(40)37-7/h8-9,11-13,15,19,21,24-25,28,31-32,43H,2,10,14,16-18,20,22-23H2,1,3-7H3/b15-8+,37-33+,38-21+/t24-,25+,28-,31?,32+,34-,35?,36?/m1/s1. The van der Waals surface area contributed by atoms with Crippen molar-refractivity contribution in [3.05, 3.63) is 54.6 Å². The number of aliphatic imine (C=N–C) groups is 1. The number of nitrogens with zero attached hydrogens (tertiary/aromatic N) is 4. The zero-order chi connectivity index (χ0) is 32.6. The summed E-state index contributed by atoms with van der Waals surface area (Å²) in [5.74, 6) is 0.983. The van der Waals surface area contributed by atoms with Crippen molar-refractivity contribution in [2.75, 3.05) is 32.4 Å². The van der Waals surface area contributed by atoms with Crippen LogP contribution in [0.2, 0.25) is 0 Å². The van der Waals surface area contributed by atoms with Gasteiger partial charge in [-0.05, 0) is 74.0 Å². The molecule has 9 heteroatoms. The molecule has 0 aromatic heterocycles. The van der Waals surface area contributed by atoms with Crippen molar-refractivity contribution in [1.82, 2.24) is 9.91 Å².